The number of nitrogens with one attached hydrogen (secondary N) is 1. The van der Waals surface area contributed by atoms with Gasteiger partial charge in [-0.1, -0.05) is 19.9 Å². The quantitative estimate of drug-likeness (QED) is 0.874. The minimum atomic E-state index is -0.0873. The first-order chi connectivity index (χ1) is 9.14. The van der Waals surface area contributed by atoms with E-state index in [-0.39, 0.29) is 5.82 Å². The van der Waals surface area contributed by atoms with Gasteiger partial charge in [-0.05, 0) is 49.4 Å². The van der Waals surface area contributed by atoms with E-state index in [0.717, 1.165) is 24.3 Å². The molecule has 106 valence electrons. The van der Waals surface area contributed by atoms with Crippen LogP contribution in [0.4, 0.5) is 10.1 Å². The third-order valence-electron chi connectivity index (χ3n) is 4.67. The van der Waals surface area contributed by atoms with Crippen LogP contribution in [-0.2, 0) is 6.54 Å². The summed E-state index contributed by atoms with van der Waals surface area (Å²) in [6.07, 6.45) is 3.54. The molecule has 1 aliphatic heterocycles. The summed E-state index contributed by atoms with van der Waals surface area (Å²) in [6.45, 7) is 7.18. The summed E-state index contributed by atoms with van der Waals surface area (Å²) in [5.41, 5.74) is 2.15. The van der Waals surface area contributed by atoms with Crippen molar-refractivity contribution in [1.82, 2.24) is 5.32 Å². The number of hydrogen-bond donors (Lipinski definition) is 1. The number of anilines is 1. The zero-order valence-corrected chi connectivity index (χ0v) is 12.3. The van der Waals surface area contributed by atoms with Crippen molar-refractivity contribution in [2.24, 2.45) is 5.41 Å². The Bertz CT molecular complexity index is 427. The SMILES string of the molecule is CCC1(CC)CCN(c2ccc(CNC)cc2F)C1. The predicted octanol–water partition coefficient (Wildman–Crippen LogP) is 3.56. The van der Waals surface area contributed by atoms with Gasteiger partial charge in [0.2, 0.25) is 0 Å². The topological polar surface area (TPSA) is 15.3 Å². The lowest BCUT2D eigenvalue weighted by atomic mass is 9.82. The summed E-state index contributed by atoms with van der Waals surface area (Å²) in [5.74, 6) is -0.0873. The Morgan fingerprint density at radius 3 is 2.58 bits per heavy atom. The average Bonchev–Trinajstić information content (AvgIpc) is 2.84. The average molecular weight is 264 g/mol. The standard InChI is InChI=1S/C16H25FN2/c1-4-16(5-2)8-9-19(12-16)15-7-6-13(11-18-3)10-14(15)17/h6-7,10,18H,4-5,8-9,11-12H2,1-3H3. The summed E-state index contributed by atoms with van der Waals surface area (Å²) in [4.78, 5) is 2.21. The number of halogens is 1. The van der Waals surface area contributed by atoms with Crippen LogP contribution >= 0.6 is 0 Å². The zero-order valence-electron chi connectivity index (χ0n) is 12.3. The molecule has 0 radical (unpaired) electrons. The third-order valence-corrected chi connectivity index (χ3v) is 4.67. The van der Waals surface area contributed by atoms with E-state index in [4.69, 9.17) is 0 Å². The molecule has 1 fully saturated rings. The lowest BCUT2D eigenvalue weighted by Crippen LogP contribution is -2.26. The molecular weight excluding hydrogens is 239 g/mol. The fourth-order valence-corrected chi connectivity index (χ4v) is 3.09. The molecular formula is C16H25FN2. The van der Waals surface area contributed by atoms with Crippen LogP contribution in [0.3, 0.4) is 0 Å². The molecule has 0 amide bonds. The molecule has 19 heavy (non-hydrogen) atoms. The van der Waals surface area contributed by atoms with Gasteiger partial charge in [-0.2, -0.15) is 0 Å². The van der Waals surface area contributed by atoms with Crippen LogP contribution in [0.15, 0.2) is 18.2 Å². The highest BCUT2D eigenvalue weighted by molar-refractivity contribution is 5.50. The first kappa shape index (κ1) is 14.3. The second-order valence-electron chi connectivity index (χ2n) is 5.69. The highest BCUT2D eigenvalue weighted by Crippen LogP contribution is 2.39. The van der Waals surface area contributed by atoms with Crippen LogP contribution in [-0.4, -0.2) is 20.1 Å². The molecule has 1 heterocycles. The maximum atomic E-state index is 14.2. The molecule has 1 N–H and O–H groups in total. The summed E-state index contributed by atoms with van der Waals surface area (Å²) in [6, 6.07) is 5.61. The zero-order chi connectivity index (χ0) is 13.9. The summed E-state index contributed by atoms with van der Waals surface area (Å²) in [5, 5.41) is 3.05. The monoisotopic (exact) mass is 264 g/mol. The van der Waals surface area contributed by atoms with Crippen molar-refractivity contribution >= 4 is 5.69 Å². The van der Waals surface area contributed by atoms with Crippen molar-refractivity contribution in [2.75, 3.05) is 25.0 Å². The predicted molar refractivity (Wildman–Crippen MR) is 79.0 cm³/mol. The van der Waals surface area contributed by atoms with Gasteiger partial charge >= 0.3 is 0 Å². The van der Waals surface area contributed by atoms with E-state index in [1.165, 1.54) is 19.3 Å². The first-order valence-corrected chi connectivity index (χ1v) is 7.32. The molecule has 0 spiro atoms. The molecule has 2 rings (SSSR count). The van der Waals surface area contributed by atoms with Crippen LogP contribution < -0.4 is 10.2 Å². The van der Waals surface area contributed by atoms with Crippen LogP contribution in [0.5, 0.6) is 0 Å². The van der Waals surface area contributed by atoms with E-state index in [9.17, 15) is 4.39 Å². The largest absolute Gasteiger partial charge is 0.369 e. The number of rotatable bonds is 5. The van der Waals surface area contributed by atoms with Gasteiger partial charge in [-0.3, -0.25) is 0 Å². The summed E-state index contributed by atoms with van der Waals surface area (Å²) in [7, 11) is 1.88. The molecule has 0 aliphatic carbocycles. The van der Waals surface area contributed by atoms with Crippen molar-refractivity contribution in [1.29, 1.82) is 0 Å². The van der Waals surface area contributed by atoms with E-state index in [0.29, 0.717) is 12.0 Å². The molecule has 1 aliphatic rings. The van der Waals surface area contributed by atoms with Crippen molar-refractivity contribution in [3.63, 3.8) is 0 Å². The molecule has 0 bridgehead atoms. The van der Waals surface area contributed by atoms with Crippen LogP contribution in [0.25, 0.3) is 0 Å². The Kier molecular flexibility index (Phi) is 4.46. The van der Waals surface area contributed by atoms with Gasteiger partial charge in [-0.15, -0.1) is 0 Å². The van der Waals surface area contributed by atoms with Crippen molar-refractivity contribution < 1.29 is 4.39 Å². The lowest BCUT2D eigenvalue weighted by molar-refractivity contribution is 0.301. The van der Waals surface area contributed by atoms with Gasteiger partial charge in [0, 0.05) is 19.6 Å². The molecule has 0 saturated carbocycles. The number of nitrogens with zero attached hydrogens (tertiary/aromatic N) is 1. The normalized spacial score (nSPS) is 18.0. The van der Waals surface area contributed by atoms with E-state index >= 15 is 0 Å². The molecule has 1 aromatic rings. The minimum absolute atomic E-state index is 0.0873. The van der Waals surface area contributed by atoms with E-state index < -0.39 is 0 Å². The second-order valence-corrected chi connectivity index (χ2v) is 5.69. The first-order valence-electron chi connectivity index (χ1n) is 7.32. The lowest BCUT2D eigenvalue weighted by Gasteiger charge is -2.27. The maximum absolute atomic E-state index is 14.2. The Hall–Kier alpha value is -1.09. The van der Waals surface area contributed by atoms with Gasteiger partial charge < -0.3 is 10.2 Å². The summed E-state index contributed by atoms with van der Waals surface area (Å²) >= 11 is 0. The Labute approximate surface area is 116 Å². The van der Waals surface area contributed by atoms with E-state index in [2.05, 4.69) is 24.1 Å². The van der Waals surface area contributed by atoms with Crippen LogP contribution in [0.2, 0.25) is 0 Å². The molecule has 1 saturated heterocycles. The Morgan fingerprint density at radius 2 is 2.05 bits per heavy atom. The maximum Gasteiger partial charge on any atom is 0.146 e. The summed E-state index contributed by atoms with van der Waals surface area (Å²) < 4.78 is 14.2. The van der Waals surface area contributed by atoms with Gasteiger partial charge in [-0.25, -0.2) is 4.39 Å². The minimum Gasteiger partial charge on any atom is -0.369 e. The fourth-order valence-electron chi connectivity index (χ4n) is 3.09. The highest BCUT2D eigenvalue weighted by atomic mass is 19.1. The smallest absolute Gasteiger partial charge is 0.146 e. The van der Waals surface area contributed by atoms with E-state index in [1.54, 1.807) is 6.07 Å². The molecule has 0 atom stereocenters. The Morgan fingerprint density at radius 1 is 1.32 bits per heavy atom. The second kappa shape index (κ2) is 5.91. The van der Waals surface area contributed by atoms with Gasteiger partial charge in [0.25, 0.3) is 0 Å². The molecule has 0 unspecified atom stereocenters. The fraction of sp³-hybridized carbons (Fsp3) is 0.625. The van der Waals surface area contributed by atoms with Gasteiger partial charge in [0.1, 0.15) is 5.82 Å². The number of benzene rings is 1. The van der Waals surface area contributed by atoms with Crippen molar-refractivity contribution in [2.45, 2.75) is 39.7 Å². The Balaban J connectivity index is 2.15. The van der Waals surface area contributed by atoms with E-state index in [1.807, 2.05) is 19.2 Å². The molecule has 1 aromatic carbocycles. The molecule has 0 aromatic heterocycles. The van der Waals surface area contributed by atoms with Crippen molar-refractivity contribution in [3.05, 3.63) is 29.6 Å². The van der Waals surface area contributed by atoms with Crippen LogP contribution in [0, 0.1) is 11.2 Å². The van der Waals surface area contributed by atoms with Gasteiger partial charge in [0.05, 0.1) is 5.69 Å². The number of hydrogen-bond acceptors (Lipinski definition) is 2. The highest BCUT2D eigenvalue weighted by Gasteiger charge is 2.35. The van der Waals surface area contributed by atoms with Gasteiger partial charge in [0.15, 0.2) is 0 Å². The molecule has 3 heteroatoms. The van der Waals surface area contributed by atoms with Crippen molar-refractivity contribution in [3.8, 4) is 0 Å². The molecule has 2 nitrogen and oxygen atoms in total. The van der Waals surface area contributed by atoms with Crippen LogP contribution in [0.1, 0.15) is 38.7 Å². The third kappa shape index (κ3) is 2.92.